The molecule has 0 aromatic heterocycles. The lowest BCUT2D eigenvalue weighted by Crippen LogP contribution is -2.37. The van der Waals surface area contributed by atoms with Gasteiger partial charge >= 0.3 is 0 Å². The summed E-state index contributed by atoms with van der Waals surface area (Å²) in [5.74, 6) is 0.0606. The van der Waals surface area contributed by atoms with Crippen molar-refractivity contribution in [2.75, 3.05) is 11.9 Å². The molecule has 1 aliphatic carbocycles. The minimum absolute atomic E-state index is 0.100. The van der Waals surface area contributed by atoms with Crippen LogP contribution in [0.1, 0.15) is 19.3 Å². The molecule has 0 N–H and O–H groups in total. The van der Waals surface area contributed by atoms with E-state index in [0.29, 0.717) is 16.8 Å². The Morgan fingerprint density at radius 3 is 2.65 bits per heavy atom. The van der Waals surface area contributed by atoms with E-state index in [1.54, 1.807) is 0 Å². The maximum atomic E-state index is 13.3. The molecule has 0 aliphatic heterocycles. The van der Waals surface area contributed by atoms with Crippen LogP contribution in [0.3, 0.4) is 0 Å². The topological polar surface area (TPSA) is 9.23 Å². The van der Waals surface area contributed by atoms with Crippen LogP contribution in [-0.4, -0.2) is 11.9 Å². The van der Waals surface area contributed by atoms with Crippen molar-refractivity contribution in [2.45, 2.75) is 19.3 Å². The Labute approximate surface area is 122 Å². The molecular weight excluding hydrogens is 374 g/mol. The second-order valence-electron chi connectivity index (χ2n) is 4.47. The van der Waals surface area contributed by atoms with Crippen molar-refractivity contribution in [3.05, 3.63) is 27.4 Å². The van der Waals surface area contributed by atoms with Gasteiger partial charge in [0.2, 0.25) is 0 Å². The average molecular weight is 386 g/mol. The molecule has 0 bridgehead atoms. The fourth-order valence-electron chi connectivity index (χ4n) is 1.84. The number of rotatable bonds is 4. The molecule has 0 amide bonds. The Morgan fingerprint density at radius 2 is 2.12 bits per heavy atom. The van der Waals surface area contributed by atoms with E-state index >= 15 is 0 Å². The SMILES string of the molecule is Fc1cc(OCC2(CBr)CCC2)c(Br)cc1Cl. The molecule has 1 nitrogen and oxygen atoms in total. The molecule has 1 fully saturated rings. The summed E-state index contributed by atoms with van der Waals surface area (Å²) in [6.07, 6.45) is 3.56. The van der Waals surface area contributed by atoms with Gasteiger partial charge in [-0.15, -0.1) is 0 Å². The van der Waals surface area contributed by atoms with Crippen LogP contribution in [-0.2, 0) is 0 Å². The molecule has 0 saturated heterocycles. The quantitative estimate of drug-likeness (QED) is 0.511. The average Bonchev–Trinajstić information content (AvgIpc) is 2.24. The van der Waals surface area contributed by atoms with Crippen molar-refractivity contribution < 1.29 is 9.13 Å². The zero-order chi connectivity index (χ0) is 12.5. The van der Waals surface area contributed by atoms with Crippen LogP contribution >= 0.6 is 43.5 Å². The maximum Gasteiger partial charge on any atom is 0.145 e. The highest BCUT2D eigenvalue weighted by molar-refractivity contribution is 9.10. The van der Waals surface area contributed by atoms with Crippen molar-refractivity contribution in [1.29, 1.82) is 0 Å². The second-order valence-corrected chi connectivity index (χ2v) is 6.29. The van der Waals surface area contributed by atoms with E-state index in [1.165, 1.54) is 18.6 Å². The first-order valence-electron chi connectivity index (χ1n) is 5.40. The van der Waals surface area contributed by atoms with Crippen LogP contribution in [0, 0.1) is 11.2 Å². The Balaban J connectivity index is 2.06. The highest BCUT2D eigenvalue weighted by atomic mass is 79.9. The summed E-state index contributed by atoms with van der Waals surface area (Å²) in [7, 11) is 0. The molecule has 1 aliphatic rings. The van der Waals surface area contributed by atoms with E-state index in [9.17, 15) is 4.39 Å². The monoisotopic (exact) mass is 384 g/mol. The van der Waals surface area contributed by atoms with Gasteiger partial charge in [-0.1, -0.05) is 34.0 Å². The van der Waals surface area contributed by atoms with E-state index in [-0.39, 0.29) is 10.4 Å². The number of alkyl halides is 1. The minimum atomic E-state index is -0.452. The lowest BCUT2D eigenvalue weighted by molar-refractivity contribution is 0.0832. The zero-order valence-electron chi connectivity index (χ0n) is 9.11. The number of hydrogen-bond acceptors (Lipinski definition) is 1. The van der Waals surface area contributed by atoms with E-state index in [4.69, 9.17) is 16.3 Å². The third-order valence-electron chi connectivity index (χ3n) is 3.21. The highest BCUT2D eigenvalue weighted by Gasteiger charge is 2.36. The molecule has 0 atom stereocenters. The second kappa shape index (κ2) is 5.45. The molecule has 2 rings (SSSR count). The molecule has 17 heavy (non-hydrogen) atoms. The Morgan fingerprint density at radius 1 is 1.41 bits per heavy atom. The van der Waals surface area contributed by atoms with Crippen molar-refractivity contribution in [3.8, 4) is 5.75 Å². The van der Waals surface area contributed by atoms with Crippen LogP contribution in [0.2, 0.25) is 5.02 Å². The summed E-state index contributed by atoms with van der Waals surface area (Å²) in [6.45, 7) is 0.609. The number of hydrogen-bond donors (Lipinski definition) is 0. The summed E-state index contributed by atoms with van der Waals surface area (Å²) in [5.41, 5.74) is 0.218. The minimum Gasteiger partial charge on any atom is -0.492 e. The molecule has 0 radical (unpaired) electrons. The lowest BCUT2D eigenvalue weighted by atomic mass is 9.71. The zero-order valence-corrected chi connectivity index (χ0v) is 13.0. The van der Waals surface area contributed by atoms with Crippen LogP contribution in [0.4, 0.5) is 4.39 Å². The Kier molecular flexibility index (Phi) is 4.37. The van der Waals surface area contributed by atoms with Gasteiger partial charge in [-0.2, -0.15) is 0 Å². The van der Waals surface area contributed by atoms with Gasteiger partial charge in [0, 0.05) is 16.8 Å². The van der Waals surface area contributed by atoms with Gasteiger partial charge in [0.25, 0.3) is 0 Å². The van der Waals surface area contributed by atoms with Crippen LogP contribution < -0.4 is 4.74 Å². The summed E-state index contributed by atoms with van der Waals surface area (Å²) < 4.78 is 19.7. The van der Waals surface area contributed by atoms with E-state index in [2.05, 4.69) is 31.9 Å². The summed E-state index contributed by atoms with van der Waals surface area (Å²) in [6, 6.07) is 2.85. The van der Waals surface area contributed by atoms with E-state index in [1.807, 2.05) is 0 Å². The molecule has 94 valence electrons. The third kappa shape index (κ3) is 2.96. The van der Waals surface area contributed by atoms with Crippen molar-refractivity contribution in [1.82, 2.24) is 0 Å². The summed E-state index contributed by atoms with van der Waals surface area (Å²) in [5, 5.41) is 1.02. The van der Waals surface area contributed by atoms with Gasteiger partial charge in [0.1, 0.15) is 11.6 Å². The molecule has 1 saturated carbocycles. The number of ether oxygens (including phenoxy) is 1. The Bertz CT molecular complexity index is 416. The predicted molar refractivity (Wildman–Crippen MR) is 74.7 cm³/mol. The van der Waals surface area contributed by atoms with Gasteiger partial charge in [-0.3, -0.25) is 0 Å². The van der Waals surface area contributed by atoms with E-state index in [0.717, 1.165) is 18.2 Å². The largest absolute Gasteiger partial charge is 0.492 e. The Hall–Kier alpha value is 0.200. The predicted octanol–water partition coefficient (Wildman–Crippen LogP) is 5.19. The van der Waals surface area contributed by atoms with Gasteiger partial charge in [0.15, 0.2) is 0 Å². The van der Waals surface area contributed by atoms with Crippen LogP contribution in [0.5, 0.6) is 5.75 Å². The molecule has 0 heterocycles. The number of benzene rings is 1. The molecule has 5 heteroatoms. The fraction of sp³-hybridized carbons (Fsp3) is 0.500. The molecule has 0 unspecified atom stereocenters. The molecule has 1 aromatic rings. The smallest absolute Gasteiger partial charge is 0.145 e. The molecule has 1 aromatic carbocycles. The lowest BCUT2D eigenvalue weighted by Gasteiger charge is -2.40. The van der Waals surface area contributed by atoms with Gasteiger partial charge in [-0.25, -0.2) is 4.39 Å². The maximum absolute atomic E-state index is 13.3. The first-order chi connectivity index (χ1) is 8.06. The first kappa shape index (κ1) is 13.6. The number of halogens is 4. The summed E-state index contributed by atoms with van der Waals surface area (Å²) >= 11 is 12.5. The fourth-order valence-corrected chi connectivity index (χ4v) is 3.31. The van der Waals surface area contributed by atoms with Crippen LogP contribution in [0.25, 0.3) is 0 Å². The third-order valence-corrected chi connectivity index (χ3v) is 5.31. The van der Waals surface area contributed by atoms with Gasteiger partial charge in [-0.05, 0) is 34.8 Å². The standard InChI is InChI=1S/C12H12Br2ClFO/c13-6-12(2-1-3-12)7-17-11-5-10(16)9(15)4-8(11)14/h4-5H,1-3,6-7H2. The van der Waals surface area contributed by atoms with E-state index < -0.39 is 5.82 Å². The highest BCUT2D eigenvalue weighted by Crippen LogP contribution is 2.43. The van der Waals surface area contributed by atoms with Gasteiger partial charge < -0.3 is 4.74 Å². The van der Waals surface area contributed by atoms with Crippen molar-refractivity contribution >= 4 is 43.5 Å². The van der Waals surface area contributed by atoms with Gasteiger partial charge in [0.05, 0.1) is 16.1 Å². The molecule has 0 spiro atoms. The summed E-state index contributed by atoms with van der Waals surface area (Å²) in [4.78, 5) is 0. The van der Waals surface area contributed by atoms with Crippen LogP contribution in [0.15, 0.2) is 16.6 Å². The van der Waals surface area contributed by atoms with Crippen molar-refractivity contribution in [2.24, 2.45) is 5.41 Å². The normalized spacial score (nSPS) is 17.6. The van der Waals surface area contributed by atoms with Crippen molar-refractivity contribution in [3.63, 3.8) is 0 Å². The molecular formula is C12H12Br2ClFO. The first-order valence-corrected chi connectivity index (χ1v) is 7.69.